The average Bonchev–Trinajstić information content (AvgIpc) is 2.39. The number of benzene rings is 2. The summed E-state index contributed by atoms with van der Waals surface area (Å²) in [7, 11) is 0. The van der Waals surface area contributed by atoms with Gasteiger partial charge in [0, 0.05) is 0 Å². The van der Waals surface area contributed by atoms with Gasteiger partial charge < -0.3 is 15.2 Å². The van der Waals surface area contributed by atoms with Crippen LogP contribution in [-0.4, -0.2) is 6.09 Å². The van der Waals surface area contributed by atoms with Crippen molar-refractivity contribution in [1.82, 2.24) is 0 Å². The number of primary amides is 1. The molecule has 0 aromatic heterocycles. The molecule has 0 aliphatic carbocycles. The van der Waals surface area contributed by atoms with E-state index in [2.05, 4.69) is 0 Å². The maximum atomic E-state index is 11.0. The van der Waals surface area contributed by atoms with Crippen molar-refractivity contribution >= 4 is 17.7 Å². The number of nitrogens with two attached hydrogens (primary N) is 1. The van der Waals surface area contributed by atoms with Crippen molar-refractivity contribution in [1.29, 1.82) is 0 Å². The number of carbonyl (C=O) groups is 1. The Hall–Kier alpha value is -2.20. The van der Waals surface area contributed by atoms with Crippen LogP contribution in [0.15, 0.2) is 54.6 Å². The Balaban J connectivity index is 2.26. The number of ether oxygens (including phenoxy) is 2. The van der Waals surface area contributed by atoms with Gasteiger partial charge in [-0.3, -0.25) is 0 Å². The molecule has 1 atom stereocenters. The van der Waals surface area contributed by atoms with Gasteiger partial charge in [-0.15, -0.1) is 0 Å². The highest BCUT2D eigenvalue weighted by Crippen LogP contribution is 2.28. The predicted molar refractivity (Wildman–Crippen MR) is 71.9 cm³/mol. The number of hydrogen-bond acceptors (Lipinski definition) is 3. The summed E-state index contributed by atoms with van der Waals surface area (Å²) < 4.78 is 10.5. The number of carbonyl (C=O) groups excluding carboxylic acids is 1. The lowest BCUT2D eigenvalue weighted by atomic mass is 10.2. The monoisotopic (exact) mass is 277 g/mol. The molecule has 2 N–H and O–H groups in total. The summed E-state index contributed by atoms with van der Waals surface area (Å²) >= 11 is 6.06. The van der Waals surface area contributed by atoms with Crippen LogP contribution >= 0.6 is 11.6 Å². The lowest BCUT2D eigenvalue weighted by Crippen LogP contribution is -2.21. The Kier molecular flexibility index (Phi) is 4.26. The molecule has 0 heterocycles. The summed E-state index contributed by atoms with van der Waals surface area (Å²) in [6.45, 7) is 0. The Morgan fingerprint density at radius 3 is 2.32 bits per heavy atom. The molecule has 98 valence electrons. The minimum Gasteiger partial charge on any atom is -0.450 e. The lowest BCUT2D eigenvalue weighted by Gasteiger charge is -2.19. The third-order valence-corrected chi connectivity index (χ3v) is 2.71. The van der Waals surface area contributed by atoms with Crippen LogP contribution in [-0.2, 0) is 4.74 Å². The number of halogens is 1. The number of para-hydroxylation sites is 1. The summed E-state index contributed by atoms with van der Waals surface area (Å²) in [5, 5.41) is 0.435. The van der Waals surface area contributed by atoms with Gasteiger partial charge in [0.05, 0.1) is 10.6 Å². The van der Waals surface area contributed by atoms with Crippen LogP contribution in [0.2, 0.25) is 5.02 Å². The van der Waals surface area contributed by atoms with Crippen molar-refractivity contribution < 1.29 is 14.3 Å². The van der Waals surface area contributed by atoms with Crippen molar-refractivity contribution in [3.63, 3.8) is 0 Å². The smallest absolute Gasteiger partial charge is 0.407 e. The van der Waals surface area contributed by atoms with E-state index < -0.39 is 12.4 Å². The van der Waals surface area contributed by atoms with Crippen molar-refractivity contribution in [2.24, 2.45) is 5.73 Å². The van der Waals surface area contributed by atoms with Crippen LogP contribution in [0.5, 0.6) is 5.75 Å². The highest BCUT2D eigenvalue weighted by Gasteiger charge is 2.19. The number of amides is 1. The van der Waals surface area contributed by atoms with Gasteiger partial charge in [-0.2, -0.15) is 0 Å². The molecular formula is C14H12ClNO3. The standard InChI is InChI=1S/C14H12ClNO3/c15-12-9-5-4-8-11(12)13(19-14(16)17)18-10-6-2-1-3-7-10/h1-9,13H,(H2,16,17). The summed E-state index contributed by atoms with van der Waals surface area (Å²) in [4.78, 5) is 11.0. The first kappa shape index (κ1) is 13.2. The van der Waals surface area contributed by atoms with Crippen LogP contribution in [0.1, 0.15) is 11.9 Å². The SMILES string of the molecule is NC(=O)OC(Oc1ccccc1)c1ccccc1Cl. The maximum Gasteiger partial charge on any atom is 0.407 e. The van der Waals surface area contributed by atoms with Crippen molar-refractivity contribution in [2.75, 3.05) is 0 Å². The van der Waals surface area contributed by atoms with Gasteiger partial charge in [-0.05, 0) is 18.2 Å². The second kappa shape index (κ2) is 6.11. The lowest BCUT2D eigenvalue weighted by molar-refractivity contribution is -0.0307. The first-order valence-electron chi connectivity index (χ1n) is 5.59. The Labute approximate surface area is 115 Å². The summed E-state index contributed by atoms with van der Waals surface area (Å²) in [5.41, 5.74) is 5.58. The molecule has 2 rings (SSSR count). The molecule has 0 aliphatic rings. The summed E-state index contributed by atoms with van der Waals surface area (Å²) in [5.74, 6) is 0.550. The zero-order valence-corrected chi connectivity index (χ0v) is 10.7. The van der Waals surface area contributed by atoms with E-state index >= 15 is 0 Å². The molecule has 5 heteroatoms. The maximum absolute atomic E-state index is 11.0. The molecular weight excluding hydrogens is 266 g/mol. The molecule has 0 spiro atoms. The largest absolute Gasteiger partial charge is 0.450 e. The second-order valence-corrected chi connectivity index (χ2v) is 4.13. The molecule has 0 saturated carbocycles. The molecule has 2 aromatic carbocycles. The van der Waals surface area contributed by atoms with Gasteiger partial charge in [0.15, 0.2) is 0 Å². The molecule has 1 amide bonds. The van der Waals surface area contributed by atoms with Gasteiger partial charge in [0.2, 0.25) is 0 Å². The molecule has 1 unspecified atom stereocenters. The Morgan fingerprint density at radius 1 is 1.05 bits per heavy atom. The van der Waals surface area contributed by atoms with Gasteiger partial charge in [0.25, 0.3) is 6.29 Å². The third-order valence-electron chi connectivity index (χ3n) is 2.37. The van der Waals surface area contributed by atoms with E-state index in [4.69, 9.17) is 26.8 Å². The molecule has 0 bridgehead atoms. The normalized spacial score (nSPS) is 11.6. The van der Waals surface area contributed by atoms with Crippen molar-refractivity contribution in [2.45, 2.75) is 6.29 Å². The van der Waals surface area contributed by atoms with E-state index in [1.807, 2.05) is 18.2 Å². The fraction of sp³-hybridized carbons (Fsp3) is 0.0714. The first-order chi connectivity index (χ1) is 9.16. The van der Waals surface area contributed by atoms with Gasteiger partial charge in [-0.1, -0.05) is 48.0 Å². The molecule has 0 radical (unpaired) electrons. The van der Waals surface area contributed by atoms with Crippen LogP contribution < -0.4 is 10.5 Å². The van der Waals surface area contributed by atoms with Gasteiger partial charge >= 0.3 is 6.09 Å². The molecule has 4 nitrogen and oxygen atoms in total. The zero-order chi connectivity index (χ0) is 13.7. The van der Waals surface area contributed by atoms with E-state index in [1.165, 1.54) is 0 Å². The first-order valence-corrected chi connectivity index (χ1v) is 5.97. The average molecular weight is 278 g/mol. The fourth-order valence-corrected chi connectivity index (χ4v) is 1.77. The summed E-state index contributed by atoms with van der Waals surface area (Å²) in [6, 6.07) is 15.9. The van der Waals surface area contributed by atoms with E-state index in [0.29, 0.717) is 16.3 Å². The molecule has 0 saturated heterocycles. The molecule has 2 aromatic rings. The van der Waals surface area contributed by atoms with Crippen LogP contribution in [0.3, 0.4) is 0 Å². The molecule has 0 fully saturated rings. The van der Waals surface area contributed by atoms with Crippen LogP contribution in [0.4, 0.5) is 4.79 Å². The van der Waals surface area contributed by atoms with Crippen molar-refractivity contribution in [3.05, 3.63) is 65.2 Å². The topological polar surface area (TPSA) is 61.6 Å². The van der Waals surface area contributed by atoms with E-state index in [9.17, 15) is 4.79 Å². The number of rotatable bonds is 4. The van der Waals surface area contributed by atoms with E-state index in [0.717, 1.165) is 0 Å². The zero-order valence-electron chi connectivity index (χ0n) is 9.95. The molecule has 19 heavy (non-hydrogen) atoms. The highest BCUT2D eigenvalue weighted by atomic mass is 35.5. The predicted octanol–water partition coefficient (Wildman–Crippen LogP) is 3.51. The third kappa shape index (κ3) is 3.63. The van der Waals surface area contributed by atoms with Crippen LogP contribution in [0, 0.1) is 0 Å². The van der Waals surface area contributed by atoms with E-state index in [-0.39, 0.29) is 0 Å². The Bertz CT molecular complexity index is 560. The fourth-order valence-electron chi connectivity index (χ4n) is 1.55. The second-order valence-electron chi connectivity index (χ2n) is 3.72. The minimum atomic E-state index is -0.978. The summed E-state index contributed by atoms with van der Waals surface area (Å²) in [6.07, 6.45) is -1.91. The van der Waals surface area contributed by atoms with Gasteiger partial charge in [0.1, 0.15) is 5.75 Å². The number of hydrogen-bond donors (Lipinski definition) is 1. The molecule has 0 aliphatic heterocycles. The Morgan fingerprint density at radius 2 is 1.68 bits per heavy atom. The van der Waals surface area contributed by atoms with Crippen LogP contribution in [0.25, 0.3) is 0 Å². The quantitative estimate of drug-likeness (QED) is 0.870. The van der Waals surface area contributed by atoms with E-state index in [1.54, 1.807) is 36.4 Å². The van der Waals surface area contributed by atoms with Crippen molar-refractivity contribution in [3.8, 4) is 5.75 Å². The minimum absolute atomic E-state index is 0.435. The highest BCUT2D eigenvalue weighted by molar-refractivity contribution is 6.31. The van der Waals surface area contributed by atoms with Gasteiger partial charge in [-0.25, -0.2) is 4.79 Å².